The van der Waals surface area contributed by atoms with E-state index in [1.165, 1.54) is 0 Å². The minimum atomic E-state index is -0.396. The van der Waals surface area contributed by atoms with Gasteiger partial charge in [-0.05, 0) is 38.0 Å². The highest BCUT2D eigenvalue weighted by atomic mass is 16.3. The first-order valence-electron chi connectivity index (χ1n) is 6.23. The van der Waals surface area contributed by atoms with E-state index in [-0.39, 0.29) is 18.1 Å². The minimum Gasteiger partial charge on any atom is -0.393 e. The maximum atomic E-state index is 11.7. The first kappa shape index (κ1) is 13.5. The van der Waals surface area contributed by atoms with Crippen LogP contribution in [0.5, 0.6) is 0 Å². The van der Waals surface area contributed by atoms with Crippen LogP contribution in [0.15, 0.2) is 0 Å². The summed E-state index contributed by atoms with van der Waals surface area (Å²) in [5.74, 6) is 0.393. The SMILES string of the molecule is CC(C)C[C@@H](N)C(=O)NC1CCC(O)CC1. The topological polar surface area (TPSA) is 75.4 Å². The van der Waals surface area contributed by atoms with Crippen LogP contribution in [0.4, 0.5) is 0 Å². The molecule has 0 bridgehead atoms. The van der Waals surface area contributed by atoms with Gasteiger partial charge in [-0.25, -0.2) is 0 Å². The second-order valence-corrected chi connectivity index (χ2v) is 5.25. The Bertz CT molecular complexity index is 223. The lowest BCUT2D eigenvalue weighted by Crippen LogP contribution is -2.47. The smallest absolute Gasteiger partial charge is 0.237 e. The summed E-state index contributed by atoms with van der Waals surface area (Å²) in [6.07, 6.45) is 3.83. The highest BCUT2D eigenvalue weighted by molar-refractivity contribution is 5.81. The summed E-state index contributed by atoms with van der Waals surface area (Å²) in [5, 5.41) is 12.3. The Balaban J connectivity index is 2.28. The molecule has 1 amide bonds. The summed E-state index contributed by atoms with van der Waals surface area (Å²) in [6.45, 7) is 4.12. The minimum absolute atomic E-state index is 0.0462. The summed E-state index contributed by atoms with van der Waals surface area (Å²) in [4.78, 5) is 11.7. The Morgan fingerprint density at radius 1 is 1.38 bits per heavy atom. The van der Waals surface area contributed by atoms with Crippen LogP contribution in [0.1, 0.15) is 46.0 Å². The van der Waals surface area contributed by atoms with Gasteiger partial charge in [-0.3, -0.25) is 4.79 Å². The third kappa shape index (κ3) is 4.49. The summed E-state index contributed by atoms with van der Waals surface area (Å²) < 4.78 is 0. The van der Waals surface area contributed by atoms with Crippen LogP contribution >= 0.6 is 0 Å². The van der Waals surface area contributed by atoms with Crippen LogP contribution in [-0.2, 0) is 4.79 Å². The van der Waals surface area contributed by atoms with E-state index in [0.29, 0.717) is 5.92 Å². The van der Waals surface area contributed by atoms with E-state index >= 15 is 0 Å². The molecule has 0 saturated heterocycles. The fourth-order valence-corrected chi connectivity index (χ4v) is 2.14. The molecule has 0 unspecified atom stereocenters. The first-order chi connectivity index (χ1) is 7.49. The zero-order valence-corrected chi connectivity index (χ0v) is 10.3. The lowest BCUT2D eigenvalue weighted by atomic mass is 9.92. The number of rotatable bonds is 4. The number of nitrogens with two attached hydrogens (primary N) is 1. The van der Waals surface area contributed by atoms with Crippen molar-refractivity contribution in [2.45, 2.75) is 64.1 Å². The van der Waals surface area contributed by atoms with Crippen molar-refractivity contribution in [3.05, 3.63) is 0 Å². The van der Waals surface area contributed by atoms with E-state index in [4.69, 9.17) is 5.73 Å². The predicted octanol–water partition coefficient (Wildman–Crippen LogP) is 0.779. The summed E-state index contributed by atoms with van der Waals surface area (Å²) >= 11 is 0. The predicted molar refractivity (Wildman–Crippen MR) is 63.8 cm³/mol. The van der Waals surface area contributed by atoms with Crippen molar-refractivity contribution in [1.82, 2.24) is 5.32 Å². The quantitative estimate of drug-likeness (QED) is 0.665. The normalized spacial score (nSPS) is 27.8. The Morgan fingerprint density at radius 2 is 1.94 bits per heavy atom. The average molecular weight is 228 g/mol. The van der Waals surface area contributed by atoms with Gasteiger partial charge < -0.3 is 16.2 Å². The lowest BCUT2D eigenvalue weighted by Gasteiger charge is -2.27. The van der Waals surface area contributed by atoms with Crippen molar-refractivity contribution in [3.8, 4) is 0 Å². The highest BCUT2D eigenvalue weighted by Crippen LogP contribution is 2.18. The van der Waals surface area contributed by atoms with Gasteiger partial charge in [0.1, 0.15) is 0 Å². The van der Waals surface area contributed by atoms with Crippen molar-refractivity contribution in [2.24, 2.45) is 11.7 Å². The molecule has 0 aliphatic heterocycles. The summed E-state index contributed by atoms with van der Waals surface area (Å²) in [6, 6.07) is -0.194. The van der Waals surface area contributed by atoms with Crippen LogP contribution in [-0.4, -0.2) is 29.2 Å². The van der Waals surface area contributed by atoms with E-state index in [9.17, 15) is 9.90 Å². The van der Waals surface area contributed by atoms with Crippen molar-refractivity contribution in [1.29, 1.82) is 0 Å². The van der Waals surface area contributed by atoms with Gasteiger partial charge >= 0.3 is 0 Å². The molecule has 94 valence electrons. The zero-order valence-electron chi connectivity index (χ0n) is 10.3. The molecule has 0 radical (unpaired) electrons. The molecule has 0 aromatic rings. The average Bonchev–Trinajstić information content (AvgIpc) is 2.20. The first-order valence-corrected chi connectivity index (χ1v) is 6.23. The standard InChI is InChI=1S/C12H24N2O2/c1-8(2)7-11(13)12(16)14-9-3-5-10(15)6-4-9/h8-11,15H,3-7,13H2,1-2H3,(H,14,16)/t9?,10?,11-/m1/s1. The molecular weight excluding hydrogens is 204 g/mol. The number of aliphatic hydroxyl groups excluding tert-OH is 1. The number of hydrogen-bond donors (Lipinski definition) is 3. The zero-order chi connectivity index (χ0) is 12.1. The number of nitrogens with one attached hydrogen (secondary N) is 1. The van der Waals surface area contributed by atoms with Gasteiger partial charge in [0.05, 0.1) is 12.1 Å². The molecule has 0 heterocycles. The molecule has 16 heavy (non-hydrogen) atoms. The third-order valence-electron chi connectivity index (χ3n) is 3.11. The molecule has 1 fully saturated rings. The van der Waals surface area contributed by atoms with Gasteiger partial charge in [0.15, 0.2) is 0 Å². The Kier molecular flexibility index (Phi) is 5.22. The molecule has 1 atom stereocenters. The molecule has 0 aromatic heterocycles. The van der Waals surface area contributed by atoms with Gasteiger partial charge in [-0.1, -0.05) is 13.8 Å². The van der Waals surface area contributed by atoms with Crippen molar-refractivity contribution >= 4 is 5.91 Å². The molecule has 1 saturated carbocycles. The fourth-order valence-electron chi connectivity index (χ4n) is 2.14. The molecule has 1 rings (SSSR count). The van der Waals surface area contributed by atoms with Crippen LogP contribution in [0.25, 0.3) is 0 Å². The lowest BCUT2D eigenvalue weighted by molar-refractivity contribution is -0.123. The van der Waals surface area contributed by atoms with Gasteiger partial charge in [0, 0.05) is 6.04 Å². The second kappa shape index (κ2) is 6.21. The van der Waals surface area contributed by atoms with Crippen LogP contribution < -0.4 is 11.1 Å². The van der Waals surface area contributed by atoms with E-state index in [1.807, 2.05) is 0 Å². The number of carbonyl (C=O) groups is 1. The van der Waals surface area contributed by atoms with E-state index in [0.717, 1.165) is 32.1 Å². The molecule has 1 aliphatic carbocycles. The van der Waals surface area contributed by atoms with Crippen molar-refractivity contribution in [2.75, 3.05) is 0 Å². The Labute approximate surface area is 97.6 Å². The van der Waals surface area contributed by atoms with Crippen LogP contribution in [0, 0.1) is 5.92 Å². The summed E-state index contributed by atoms with van der Waals surface area (Å²) in [5.41, 5.74) is 5.80. The molecular formula is C12H24N2O2. The summed E-state index contributed by atoms with van der Waals surface area (Å²) in [7, 11) is 0. The Hall–Kier alpha value is -0.610. The molecule has 4 N–H and O–H groups in total. The monoisotopic (exact) mass is 228 g/mol. The third-order valence-corrected chi connectivity index (χ3v) is 3.11. The number of hydrogen-bond acceptors (Lipinski definition) is 3. The van der Waals surface area contributed by atoms with Crippen LogP contribution in [0.3, 0.4) is 0 Å². The number of amides is 1. The molecule has 0 aromatic carbocycles. The molecule has 4 heteroatoms. The van der Waals surface area contributed by atoms with Gasteiger partial charge in [-0.15, -0.1) is 0 Å². The Morgan fingerprint density at radius 3 is 2.44 bits per heavy atom. The second-order valence-electron chi connectivity index (χ2n) is 5.25. The highest BCUT2D eigenvalue weighted by Gasteiger charge is 2.23. The van der Waals surface area contributed by atoms with E-state index < -0.39 is 6.04 Å². The maximum Gasteiger partial charge on any atom is 0.237 e. The van der Waals surface area contributed by atoms with Crippen molar-refractivity contribution < 1.29 is 9.90 Å². The van der Waals surface area contributed by atoms with E-state index in [2.05, 4.69) is 19.2 Å². The maximum absolute atomic E-state index is 11.7. The number of carbonyl (C=O) groups excluding carboxylic acids is 1. The molecule has 4 nitrogen and oxygen atoms in total. The van der Waals surface area contributed by atoms with Gasteiger partial charge in [0.25, 0.3) is 0 Å². The van der Waals surface area contributed by atoms with Gasteiger partial charge in [-0.2, -0.15) is 0 Å². The van der Waals surface area contributed by atoms with Crippen LogP contribution in [0.2, 0.25) is 0 Å². The van der Waals surface area contributed by atoms with E-state index in [1.54, 1.807) is 0 Å². The van der Waals surface area contributed by atoms with Crippen molar-refractivity contribution in [3.63, 3.8) is 0 Å². The largest absolute Gasteiger partial charge is 0.393 e. The molecule has 0 spiro atoms. The fraction of sp³-hybridized carbons (Fsp3) is 0.917. The number of aliphatic hydroxyl groups is 1. The van der Waals surface area contributed by atoms with Gasteiger partial charge in [0.2, 0.25) is 5.91 Å². The molecule has 1 aliphatic rings.